The molecule has 0 amide bonds. The Morgan fingerprint density at radius 1 is 1.47 bits per heavy atom. The second kappa shape index (κ2) is 7.64. The molecular formula is C13H19ClFNO. The molecule has 96 valence electrons. The van der Waals surface area contributed by atoms with E-state index in [0.29, 0.717) is 5.02 Å². The molecule has 1 atom stereocenters. The average molecular weight is 260 g/mol. The summed E-state index contributed by atoms with van der Waals surface area (Å²) in [6.45, 7) is 3.42. The molecule has 4 heteroatoms. The maximum absolute atomic E-state index is 13.2. The highest BCUT2D eigenvalue weighted by molar-refractivity contribution is 6.31. The van der Waals surface area contributed by atoms with Crippen molar-refractivity contribution in [3.63, 3.8) is 0 Å². The lowest BCUT2D eigenvalue weighted by Gasteiger charge is -2.18. The molecule has 0 saturated carbocycles. The third-order valence-corrected chi connectivity index (χ3v) is 3.01. The van der Waals surface area contributed by atoms with Gasteiger partial charge in [-0.05, 0) is 50.6 Å². The van der Waals surface area contributed by atoms with E-state index in [1.165, 1.54) is 12.1 Å². The molecule has 2 nitrogen and oxygen atoms in total. The van der Waals surface area contributed by atoms with Crippen molar-refractivity contribution >= 4 is 11.6 Å². The van der Waals surface area contributed by atoms with Crippen molar-refractivity contribution in [2.45, 2.75) is 25.8 Å². The predicted molar refractivity (Wildman–Crippen MR) is 68.9 cm³/mol. The molecule has 0 aliphatic heterocycles. The van der Waals surface area contributed by atoms with Gasteiger partial charge < -0.3 is 10.1 Å². The Kier molecular flexibility index (Phi) is 6.48. The van der Waals surface area contributed by atoms with Gasteiger partial charge in [0, 0.05) is 24.3 Å². The maximum atomic E-state index is 13.2. The van der Waals surface area contributed by atoms with Crippen molar-refractivity contribution in [1.82, 2.24) is 5.32 Å². The van der Waals surface area contributed by atoms with E-state index in [9.17, 15) is 4.39 Å². The van der Waals surface area contributed by atoms with Crippen molar-refractivity contribution in [3.8, 4) is 0 Å². The Morgan fingerprint density at radius 3 is 2.88 bits per heavy atom. The first-order valence-corrected chi connectivity index (χ1v) is 6.26. The summed E-state index contributed by atoms with van der Waals surface area (Å²) in [5.74, 6) is -0.255. The third-order valence-electron chi connectivity index (χ3n) is 2.67. The summed E-state index contributed by atoms with van der Waals surface area (Å²) < 4.78 is 18.5. The molecule has 0 spiro atoms. The number of hydrogen-bond donors (Lipinski definition) is 1. The Labute approximate surface area is 107 Å². The molecule has 0 bridgehead atoms. The van der Waals surface area contributed by atoms with E-state index in [1.807, 2.05) is 14.0 Å². The van der Waals surface area contributed by atoms with Crippen molar-refractivity contribution < 1.29 is 9.13 Å². The molecule has 0 aromatic heterocycles. The van der Waals surface area contributed by atoms with Gasteiger partial charge in [0.05, 0.1) is 0 Å². The number of hydrogen-bond acceptors (Lipinski definition) is 2. The highest BCUT2D eigenvalue weighted by Gasteiger charge is 2.13. The summed E-state index contributed by atoms with van der Waals surface area (Å²) in [6.07, 6.45) is 1.80. The highest BCUT2D eigenvalue weighted by atomic mass is 35.5. The van der Waals surface area contributed by atoms with Crippen LogP contribution in [0.5, 0.6) is 0 Å². The summed E-state index contributed by atoms with van der Waals surface area (Å²) in [4.78, 5) is 0. The summed E-state index contributed by atoms with van der Waals surface area (Å²) >= 11 is 6.07. The van der Waals surface area contributed by atoms with E-state index in [-0.39, 0.29) is 11.9 Å². The van der Waals surface area contributed by atoms with Crippen LogP contribution >= 0.6 is 11.6 Å². The Balaban J connectivity index is 2.62. The van der Waals surface area contributed by atoms with Gasteiger partial charge in [0.15, 0.2) is 0 Å². The number of ether oxygens (including phenoxy) is 1. The molecule has 0 radical (unpaired) electrons. The first kappa shape index (κ1) is 14.4. The maximum Gasteiger partial charge on any atom is 0.123 e. The van der Waals surface area contributed by atoms with Gasteiger partial charge in [-0.2, -0.15) is 0 Å². The topological polar surface area (TPSA) is 21.3 Å². The second-order valence-corrected chi connectivity index (χ2v) is 4.25. The van der Waals surface area contributed by atoms with Gasteiger partial charge in [-0.1, -0.05) is 11.6 Å². The van der Waals surface area contributed by atoms with E-state index in [4.69, 9.17) is 16.3 Å². The number of rotatable bonds is 7. The molecule has 0 heterocycles. The smallest absolute Gasteiger partial charge is 0.123 e. The van der Waals surface area contributed by atoms with Crippen LogP contribution in [0.3, 0.4) is 0 Å². The first-order chi connectivity index (χ1) is 8.19. The zero-order valence-electron chi connectivity index (χ0n) is 10.3. The monoisotopic (exact) mass is 259 g/mol. The van der Waals surface area contributed by atoms with Crippen molar-refractivity contribution in [1.29, 1.82) is 0 Å². The minimum absolute atomic E-state index is 0.0682. The molecule has 17 heavy (non-hydrogen) atoms. The zero-order chi connectivity index (χ0) is 12.7. The van der Waals surface area contributed by atoms with E-state index < -0.39 is 0 Å². The molecule has 1 aromatic rings. The van der Waals surface area contributed by atoms with Crippen LogP contribution in [0.15, 0.2) is 18.2 Å². The fraction of sp³-hybridized carbons (Fsp3) is 0.538. The van der Waals surface area contributed by atoms with E-state index >= 15 is 0 Å². The normalized spacial score (nSPS) is 12.7. The van der Waals surface area contributed by atoms with Crippen LogP contribution in [0.25, 0.3) is 0 Å². The summed E-state index contributed by atoms with van der Waals surface area (Å²) in [7, 11) is 1.85. The summed E-state index contributed by atoms with van der Waals surface area (Å²) in [5, 5.41) is 3.76. The number of halogens is 2. The molecule has 0 aliphatic rings. The van der Waals surface area contributed by atoms with Crippen LogP contribution in [-0.4, -0.2) is 20.3 Å². The highest BCUT2D eigenvalue weighted by Crippen LogP contribution is 2.26. The predicted octanol–water partition coefficient (Wildman–Crippen LogP) is 3.56. The minimum Gasteiger partial charge on any atom is -0.382 e. The van der Waals surface area contributed by atoms with Gasteiger partial charge >= 0.3 is 0 Å². The molecular weight excluding hydrogens is 241 g/mol. The summed E-state index contributed by atoms with van der Waals surface area (Å²) in [6, 6.07) is 4.53. The lowest BCUT2D eigenvalue weighted by Crippen LogP contribution is -2.17. The minimum atomic E-state index is -0.255. The standard InChI is InChI=1S/C13H19ClFNO/c1-3-17-8-4-5-13(16-2)11-9-10(15)6-7-12(11)14/h6-7,9,13,16H,3-5,8H2,1-2H3. The largest absolute Gasteiger partial charge is 0.382 e. The molecule has 1 aromatic carbocycles. The van der Waals surface area contributed by atoms with Gasteiger partial charge in [0.2, 0.25) is 0 Å². The molecule has 0 fully saturated rings. The quantitative estimate of drug-likeness (QED) is 0.756. The number of nitrogens with one attached hydrogen (secondary N) is 1. The Hall–Kier alpha value is -0.640. The molecule has 0 saturated heterocycles. The third kappa shape index (κ3) is 4.62. The van der Waals surface area contributed by atoms with E-state index in [0.717, 1.165) is 31.6 Å². The lowest BCUT2D eigenvalue weighted by molar-refractivity contribution is 0.141. The molecule has 1 unspecified atom stereocenters. The molecule has 1 rings (SSSR count). The fourth-order valence-electron chi connectivity index (χ4n) is 1.77. The lowest BCUT2D eigenvalue weighted by atomic mass is 10.0. The van der Waals surface area contributed by atoms with Gasteiger partial charge in [0.25, 0.3) is 0 Å². The SMILES string of the molecule is CCOCCCC(NC)c1cc(F)ccc1Cl. The van der Waals surface area contributed by atoms with Crippen LogP contribution in [0.1, 0.15) is 31.4 Å². The Bertz CT molecular complexity index is 346. The van der Waals surface area contributed by atoms with Gasteiger partial charge in [-0.15, -0.1) is 0 Å². The second-order valence-electron chi connectivity index (χ2n) is 3.85. The van der Waals surface area contributed by atoms with Crippen molar-refractivity contribution in [2.75, 3.05) is 20.3 Å². The average Bonchev–Trinajstić information content (AvgIpc) is 2.33. The van der Waals surface area contributed by atoms with Gasteiger partial charge in [0.1, 0.15) is 5.82 Å². The van der Waals surface area contributed by atoms with Gasteiger partial charge in [-0.3, -0.25) is 0 Å². The summed E-state index contributed by atoms with van der Waals surface area (Å²) in [5.41, 5.74) is 0.811. The van der Waals surface area contributed by atoms with Crippen LogP contribution < -0.4 is 5.32 Å². The Morgan fingerprint density at radius 2 is 2.24 bits per heavy atom. The van der Waals surface area contributed by atoms with Gasteiger partial charge in [-0.25, -0.2) is 4.39 Å². The van der Waals surface area contributed by atoms with Crippen LogP contribution in [0.4, 0.5) is 4.39 Å². The molecule has 0 aliphatic carbocycles. The van der Waals surface area contributed by atoms with Crippen LogP contribution in [-0.2, 0) is 4.74 Å². The number of benzene rings is 1. The fourth-order valence-corrected chi connectivity index (χ4v) is 2.02. The van der Waals surface area contributed by atoms with E-state index in [1.54, 1.807) is 6.07 Å². The van der Waals surface area contributed by atoms with Crippen molar-refractivity contribution in [2.24, 2.45) is 0 Å². The van der Waals surface area contributed by atoms with E-state index in [2.05, 4.69) is 5.32 Å². The van der Waals surface area contributed by atoms with Crippen LogP contribution in [0, 0.1) is 5.82 Å². The van der Waals surface area contributed by atoms with Crippen LogP contribution in [0.2, 0.25) is 5.02 Å². The van der Waals surface area contributed by atoms with Crippen molar-refractivity contribution in [3.05, 3.63) is 34.6 Å². The molecule has 1 N–H and O–H groups in total. The zero-order valence-corrected chi connectivity index (χ0v) is 11.1. The first-order valence-electron chi connectivity index (χ1n) is 5.89.